The van der Waals surface area contributed by atoms with Gasteiger partial charge in [0.2, 0.25) is 0 Å². The highest BCUT2D eigenvalue weighted by molar-refractivity contribution is 6.00. The smallest absolute Gasteiger partial charge is 0.334 e. The first-order valence-corrected chi connectivity index (χ1v) is 8.47. The molecule has 0 bridgehead atoms. The summed E-state index contributed by atoms with van der Waals surface area (Å²) >= 11 is 0. The van der Waals surface area contributed by atoms with Crippen molar-refractivity contribution in [2.24, 2.45) is 0 Å². The van der Waals surface area contributed by atoms with Gasteiger partial charge in [0.25, 0.3) is 0 Å². The maximum absolute atomic E-state index is 12.4. The van der Waals surface area contributed by atoms with Crippen LogP contribution in [0.25, 0.3) is 0 Å². The molecular weight excluding hydrogens is 280 g/mol. The van der Waals surface area contributed by atoms with E-state index in [0.29, 0.717) is 24.0 Å². The van der Waals surface area contributed by atoms with Gasteiger partial charge in [-0.2, -0.15) is 0 Å². The number of esters is 2. The summed E-state index contributed by atoms with van der Waals surface area (Å²) in [7, 11) is 0. The molecule has 4 heteroatoms. The van der Waals surface area contributed by atoms with Gasteiger partial charge >= 0.3 is 11.9 Å². The van der Waals surface area contributed by atoms with Crippen LogP contribution in [-0.4, -0.2) is 24.1 Å². The Hall–Kier alpha value is -1.32. The maximum atomic E-state index is 12.4. The van der Waals surface area contributed by atoms with Gasteiger partial charge in [0.05, 0.1) is 12.2 Å². The fourth-order valence-electron chi connectivity index (χ4n) is 2.03. The van der Waals surface area contributed by atoms with Crippen molar-refractivity contribution in [3.63, 3.8) is 0 Å². The van der Waals surface area contributed by atoms with E-state index in [0.717, 1.165) is 25.7 Å². The van der Waals surface area contributed by atoms with Crippen LogP contribution in [0.5, 0.6) is 0 Å². The first-order chi connectivity index (χ1) is 10.3. The minimum absolute atomic E-state index is 0.197. The molecule has 0 spiro atoms. The zero-order valence-corrected chi connectivity index (χ0v) is 15.0. The summed E-state index contributed by atoms with van der Waals surface area (Å²) in [6.45, 7) is 11.4. The zero-order valence-electron chi connectivity index (χ0n) is 15.0. The van der Waals surface area contributed by atoms with E-state index in [-0.39, 0.29) is 24.1 Å². The summed E-state index contributed by atoms with van der Waals surface area (Å²) in [6, 6.07) is 0. The average molecular weight is 312 g/mol. The number of rotatable bonds is 10. The molecule has 0 aromatic carbocycles. The Bertz CT molecular complexity index is 345. The summed E-state index contributed by atoms with van der Waals surface area (Å²) in [5.74, 6) is -0.759. The van der Waals surface area contributed by atoms with E-state index < -0.39 is 0 Å². The second-order valence-electron chi connectivity index (χ2n) is 6.07. The van der Waals surface area contributed by atoms with E-state index in [1.807, 2.05) is 27.7 Å². The molecule has 0 rings (SSSR count). The number of carbonyl (C=O) groups excluding carboxylic acids is 2. The lowest BCUT2D eigenvalue weighted by atomic mass is 9.98. The van der Waals surface area contributed by atoms with Gasteiger partial charge in [0.1, 0.15) is 0 Å². The molecule has 0 aromatic heterocycles. The lowest BCUT2D eigenvalue weighted by Crippen LogP contribution is -2.21. The SMILES string of the molecule is CCCC/C(C(=O)OC(C)C)=C(\CCCC)C(=O)OC(C)C. The van der Waals surface area contributed by atoms with Crippen molar-refractivity contribution in [1.29, 1.82) is 0 Å². The largest absolute Gasteiger partial charge is 0.460 e. The van der Waals surface area contributed by atoms with E-state index >= 15 is 0 Å². The summed E-state index contributed by atoms with van der Waals surface area (Å²) in [5, 5.41) is 0. The molecule has 0 aliphatic carbocycles. The van der Waals surface area contributed by atoms with Crippen LogP contribution in [0.2, 0.25) is 0 Å². The van der Waals surface area contributed by atoms with E-state index in [2.05, 4.69) is 13.8 Å². The molecule has 0 aliphatic rings. The molecule has 0 saturated heterocycles. The monoisotopic (exact) mass is 312 g/mol. The molecule has 4 nitrogen and oxygen atoms in total. The van der Waals surface area contributed by atoms with Gasteiger partial charge in [-0.05, 0) is 53.4 Å². The highest BCUT2D eigenvalue weighted by atomic mass is 16.5. The lowest BCUT2D eigenvalue weighted by Gasteiger charge is -2.17. The van der Waals surface area contributed by atoms with Crippen LogP contribution in [0.3, 0.4) is 0 Å². The summed E-state index contributed by atoms with van der Waals surface area (Å²) in [6.07, 6.45) is 4.36. The van der Waals surface area contributed by atoms with Gasteiger partial charge in [-0.3, -0.25) is 0 Å². The Labute approximate surface area is 135 Å². The van der Waals surface area contributed by atoms with Gasteiger partial charge in [-0.15, -0.1) is 0 Å². The van der Waals surface area contributed by atoms with Gasteiger partial charge < -0.3 is 9.47 Å². The summed E-state index contributed by atoms with van der Waals surface area (Å²) in [4.78, 5) is 24.7. The van der Waals surface area contributed by atoms with Crippen LogP contribution in [0.15, 0.2) is 11.1 Å². The molecular formula is C18H32O4. The Morgan fingerprint density at radius 1 is 0.727 bits per heavy atom. The topological polar surface area (TPSA) is 52.6 Å². The molecule has 0 aromatic rings. The minimum Gasteiger partial charge on any atom is -0.460 e. The molecule has 0 atom stereocenters. The van der Waals surface area contributed by atoms with Crippen molar-refractivity contribution >= 4 is 11.9 Å². The highest BCUT2D eigenvalue weighted by Gasteiger charge is 2.23. The van der Waals surface area contributed by atoms with Crippen molar-refractivity contribution in [2.75, 3.05) is 0 Å². The highest BCUT2D eigenvalue weighted by Crippen LogP contribution is 2.22. The fourth-order valence-corrected chi connectivity index (χ4v) is 2.03. The minimum atomic E-state index is -0.379. The Morgan fingerprint density at radius 2 is 1.05 bits per heavy atom. The zero-order chi connectivity index (χ0) is 17.1. The number of unbranched alkanes of at least 4 members (excludes halogenated alkanes) is 2. The number of hydrogen-bond donors (Lipinski definition) is 0. The number of ether oxygens (including phenoxy) is 2. The second-order valence-corrected chi connectivity index (χ2v) is 6.07. The average Bonchev–Trinajstić information content (AvgIpc) is 2.40. The quantitative estimate of drug-likeness (QED) is 0.438. The van der Waals surface area contributed by atoms with Crippen molar-refractivity contribution < 1.29 is 19.1 Å². The predicted octanol–water partition coefficient (Wildman–Crippen LogP) is 4.57. The van der Waals surface area contributed by atoms with Gasteiger partial charge in [0.15, 0.2) is 0 Å². The van der Waals surface area contributed by atoms with Gasteiger partial charge in [-0.25, -0.2) is 9.59 Å². The van der Waals surface area contributed by atoms with Crippen LogP contribution < -0.4 is 0 Å². The first kappa shape index (κ1) is 20.7. The number of hydrogen-bond acceptors (Lipinski definition) is 4. The third-order valence-corrected chi connectivity index (χ3v) is 3.10. The molecule has 128 valence electrons. The third-order valence-electron chi connectivity index (χ3n) is 3.10. The maximum Gasteiger partial charge on any atom is 0.334 e. The first-order valence-electron chi connectivity index (χ1n) is 8.47. The lowest BCUT2D eigenvalue weighted by molar-refractivity contribution is -0.146. The van der Waals surface area contributed by atoms with E-state index in [1.165, 1.54) is 0 Å². The summed E-state index contributed by atoms with van der Waals surface area (Å²) < 4.78 is 10.6. The van der Waals surface area contributed by atoms with Crippen molar-refractivity contribution in [3.05, 3.63) is 11.1 Å². The van der Waals surface area contributed by atoms with Crippen molar-refractivity contribution in [2.45, 2.75) is 92.3 Å². The third kappa shape index (κ3) is 8.20. The van der Waals surface area contributed by atoms with Crippen molar-refractivity contribution in [1.82, 2.24) is 0 Å². The molecule has 0 amide bonds. The molecule has 0 unspecified atom stereocenters. The molecule has 0 heterocycles. The molecule has 0 fully saturated rings. The number of carbonyl (C=O) groups is 2. The van der Waals surface area contributed by atoms with Crippen molar-refractivity contribution in [3.8, 4) is 0 Å². The van der Waals surface area contributed by atoms with Crippen LogP contribution in [0, 0.1) is 0 Å². The summed E-state index contributed by atoms with van der Waals surface area (Å²) in [5.41, 5.74) is 0.990. The van der Waals surface area contributed by atoms with Crippen LogP contribution in [-0.2, 0) is 19.1 Å². The standard InChI is InChI=1S/C18H32O4/c1-7-9-11-15(17(19)21-13(3)4)16(12-10-8-2)18(20)22-14(5)6/h13-14H,7-12H2,1-6H3/b16-15-. The van der Waals surface area contributed by atoms with Crippen LogP contribution in [0.4, 0.5) is 0 Å². The van der Waals surface area contributed by atoms with Crippen LogP contribution in [0.1, 0.15) is 80.1 Å². The Balaban J connectivity index is 5.50. The van der Waals surface area contributed by atoms with Crippen LogP contribution >= 0.6 is 0 Å². The van der Waals surface area contributed by atoms with Gasteiger partial charge in [-0.1, -0.05) is 26.7 Å². The van der Waals surface area contributed by atoms with Gasteiger partial charge in [0, 0.05) is 11.1 Å². The predicted molar refractivity (Wildman–Crippen MR) is 88.5 cm³/mol. The molecule has 22 heavy (non-hydrogen) atoms. The van der Waals surface area contributed by atoms with E-state index in [9.17, 15) is 9.59 Å². The normalized spacial score (nSPS) is 12.4. The Kier molecular flexibility index (Phi) is 10.6. The Morgan fingerprint density at radius 3 is 1.27 bits per heavy atom. The fraction of sp³-hybridized carbons (Fsp3) is 0.778. The molecule has 0 saturated carbocycles. The molecule has 0 radical (unpaired) electrons. The van der Waals surface area contributed by atoms with E-state index in [4.69, 9.17) is 9.47 Å². The second kappa shape index (κ2) is 11.3. The molecule has 0 aliphatic heterocycles. The molecule has 0 N–H and O–H groups in total. The van der Waals surface area contributed by atoms with E-state index in [1.54, 1.807) is 0 Å².